The molecule has 0 amide bonds. The van der Waals surface area contributed by atoms with E-state index in [1.165, 1.54) is 57.8 Å². The molecule has 0 aromatic carbocycles. The monoisotopic (exact) mass is 286 g/mol. The van der Waals surface area contributed by atoms with E-state index in [1.807, 2.05) is 6.92 Å². The van der Waals surface area contributed by atoms with Crippen molar-refractivity contribution in [2.24, 2.45) is 0 Å². The van der Waals surface area contributed by atoms with E-state index in [1.54, 1.807) is 0 Å². The highest BCUT2D eigenvalue weighted by Crippen LogP contribution is 2.16. The van der Waals surface area contributed by atoms with Gasteiger partial charge in [-0.15, -0.1) is 0 Å². The van der Waals surface area contributed by atoms with Gasteiger partial charge in [0.05, 0.1) is 13.2 Å². The van der Waals surface area contributed by atoms with Crippen molar-refractivity contribution in [1.29, 1.82) is 0 Å². The van der Waals surface area contributed by atoms with Gasteiger partial charge in [-0.05, 0) is 19.8 Å². The highest BCUT2D eigenvalue weighted by atomic mass is 16.7. The van der Waals surface area contributed by atoms with Crippen molar-refractivity contribution in [2.75, 3.05) is 19.8 Å². The fraction of sp³-hybridized carbons (Fsp3) is 1.00. The minimum atomic E-state index is 0.0104. The fourth-order valence-electron chi connectivity index (χ4n) is 2.65. The second-order valence-corrected chi connectivity index (χ2v) is 5.79. The Bertz CT molecular complexity index is 200. The van der Waals surface area contributed by atoms with E-state index in [9.17, 15) is 0 Å². The molecule has 1 rings (SSSR count). The summed E-state index contributed by atoms with van der Waals surface area (Å²) in [5.74, 6) is 0. The predicted octanol–water partition coefficient (Wildman–Crippen LogP) is 4.69. The van der Waals surface area contributed by atoms with Crippen LogP contribution in [0.15, 0.2) is 0 Å². The zero-order chi connectivity index (χ0) is 14.5. The molecule has 0 spiro atoms. The number of hydrogen-bond acceptors (Lipinski definition) is 3. The third-order valence-electron chi connectivity index (χ3n) is 3.88. The lowest BCUT2D eigenvalue weighted by Gasteiger charge is -2.29. The maximum absolute atomic E-state index is 5.67. The molecular weight excluding hydrogens is 252 g/mol. The molecule has 0 aromatic rings. The average Bonchev–Trinajstić information content (AvgIpc) is 2.47. The summed E-state index contributed by atoms with van der Waals surface area (Å²) in [6.07, 6.45) is 13.5. The van der Waals surface area contributed by atoms with Crippen molar-refractivity contribution in [3.63, 3.8) is 0 Å². The van der Waals surface area contributed by atoms with Crippen LogP contribution in [0.4, 0.5) is 0 Å². The SMILES string of the molecule is CCCCCCCCCCCC1OCC(OCC)CO1. The first-order valence-corrected chi connectivity index (χ1v) is 8.71. The largest absolute Gasteiger partial charge is 0.374 e. The minimum absolute atomic E-state index is 0.0104. The molecule has 0 aliphatic carbocycles. The van der Waals surface area contributed by atoms with Gasteiger partial charge in [0.25, 0.3) is 0 Å². The maximum atomic E-state index is 5.67. The van der Waals surface area contributed by atoms with Gasteiger partial charge in [-0.3, -0.25) is 0 Å². The third kappa shape index (κ3) is 8.93. The van der Waals surface area contributed by atoms with Gasteiger partial charge in [-0.25, -0.2) is 0 Å². The van der Waals surface area contributed by atoms with Crippen LogP contribution in [0.25, 0.3) is 0 Å². The van der Waals surface area contributed by atoms with E-state index in [2.05, 4.69) is 6.92 Å². The molecule has 1 aliphatic rings. The molecule has 1 heterocycles. The maximum Gasteiger partial charge on any atom is 0.157 e. The minimum Gasteiger partial charge on any atom is -0.374 e. The van der Waals surface area contributed by atoms with Crippen molar-refractivity contribution in [2.45, 2.75) is 90.4 Å². The molecule has 1 saturated heterocycles. The van der Waals surface area contributed by atoms with Crippen molar-refractivity contribution in [3.8, 4) is 0 Å². The standard InChI is InChI=1S/C17H34O3/c1-3-5-6-7-8-9-10-11-12-13-17-19-14-16(15-20-17)18-4-2/h16-17H,3-15H2,1-2H3. The molecule has 0 bridgehead atoms. The molecule has 1 fully saturated rings. The molecule has 0 unspecified atom stereocenters. The molecule has 20 heavy (non-hydrogen) atoms. The lowest BCUT2D eigenvalue weighted by atomic mass is 10.1. The Morgan fingerprint density at radius 2 is 1.35 bits per heavy atom. The third-order valence-corrected chi connectivity index (χ3v) is 3.88. The van der Waals surface area contributed by atoms with Crippen LogP contribution in [0.3, 0.4) is 0 Å². The van der Waals surface area contributed by atoms with Crippen LogP contribution in [-0.4, -0.2) is 32.2 Å². The summed E-state index contributed by atoms with van der Waals surface area (Å²) in [5.41, 5.74) is 0. The van der Waals surface area contributed by atoms with E-state index in [0.717, 1.165) is 13.0 Å². The fourth-order valence-corrected chi connectivity index (χ4v) is 2.65. The van der Waals surface area contributed by atoms with Crippen LogP contribution in [0.5, 0.6) is 0 Å². The van der Waals surface area contributed by atoms with Crippen LogP contribution < -0.4 is 0 Å². The van der Waals surface area contributed by atoms with Crippen LogP contribution in [0.2, 0.25) is 0 Å². The summed E-state index contributed by atoms with van der Waals surface area (Å²) in [5, 5.41) is 0. The quantitative estimate of drug-likeness (QED) is 0.487. The first kappa shape index (κ1) is 17.9. The Labute approximate surface area is 125 Å². The second-order valence-electron chi connectivity index (χ2n) is 5.79. The molecule has 0 N–H and O–H groups in total. The summed E-state index contributed by atoms with van der Waals surface area (Å²) < 4.78 is 16.8. The summed E-state index contributed by atoms with van der Waals surface area (Å²) in [6, 6.07) is 0. The summed E-state index contributed by atoms with van der Waals surface area (Å²) in [6.45, 7) is 6.40. The molecule has 3 heteroatoms. The normalized spacial score (nSPS) is 23.1. The van der Waals surface area contributed by atoms with Gasteiger partial charge in [0.2, 0.25) is 0 Å². The Morgan fingerprint density at radius 3 is 1.90 bits per heavy atom. The molecule has 120 valence electrons. The van der Waals surface area contributed by atoms with E-state index in [4.69, 9.17) is 14.2 Å². The molecule has 0 atom stereocenters. The van der Waals surface area contributed by atoms with Crippen LogP contribution in [-0.2, 0) is 14.2 Å². The zero-order valence-corrected chi connectivity index (χ0v) is 13.6. The van der Waals surface area contributed by atoms with Gasteiger partial charge in [0, 0.05) is 6.61 Å². The second kappa shape index (κ2) is 12.6. The topological polar surface area (TPSA) is 27.7 Å². The molecular formula is C17H34O3. The molecule has 0 saturated carbocycles. The van der Waals surface area contributed by atoms with Gasteiger partial charge in [0.1, 0.15) is 6.10 Å². The smallest absolute Gasteiger partial charge is 0.157 e. The molecule has 0 radical (unpaired) electrons. The number of rotatable bonds is 12. The number of hydrogen-bond donors (Lipinski definition) is 0. The van der Waals surface area contributed by atoms with E-state index in [0.29, 0.717) is 13.2 Å². The summed E-state index contributed by atoms with van der Waals surface area (Å²) in [7, 11) is 0. The molecule has 0 aromatic heterocycles. The van der Waals surface area contributed by atoms with Gasteiger partial charge in [-0.1, -0.05) is 58.3 Å². The lowest BCUT2D eigenvalue weighted by molar-refractivity contribution is -0.227. The zero-order valence-electron chi connectivity index (χ0n) is 13.6. The lowest BCUT2D eigenvalue weighted by Crippen LogP contribution is -2.37. The first-order chi connectivity index (χ1) is 9.86. The van der Waals surface area contributed by atoms with Gasteiger partial charge < -0.3 is 14.2 Å². The molecule has 3 nitrogen and oxygen atoms in total. The Kier molecular flexibility index (Phi) is 11.3. The number of unbranched alkanes of at least 4 members (excludes halogenated alkanes) is 8. The molecule has 1 aliphatic heterocycles. The number of ether oxygens (including phenoxy) is 3. The van der Waals surface area contributed by atoms with Crippen molar-refractivity contribution in [1.82, 2.24) is 0 Å². The van der Waals surface area contributed by atoms with E-state index < -0.39 is 0 Å². The van der Waals surface area contributed by atoms with Crippen molar-refractivity contribution >= 4 is 0 Å². The van der Waals surface area contributed by atoms with E-state index >= 15 is 0 Å². The average molecular weight is 286 g/mol. The Balaban J connectivity index is 1.83. The predicted molar refractivity (Wildman–Crippen MR) is 83.0 cm³/mol. The summed E-state index contributed by atoms with van der Waals surface area (Å²) >= 11 is 0. The van der Waals surface area contributed by atoms with Crippen molar-refractivity contribution < 1.29 is 14.2 Å². The van der Waals surface area contributed by atoms with Gasteiger partial charge >= 0.3 is 0 Å². The Hall–Kier alpha value is -0.120. The van der Waals surface area contributed by atoms with Crippen LogP contribution in [0, 0.1) is 0 Å². The highest BCUT2D eigenvalue weighted by Gasteiger charge is 2.21. The van der Waals surface area contributed by atoms with Crippen LogP contribution in [0.1, 0.15) is 78.1 Å². The van der Waals surface area contributed by atoms with E-state index in [-0.39, 0.29) is 12.4 Å². The first-order valence-electron chi connectivity index (χ1n) is 8.71. The van der Waals surface area contributed by atoms with Gasteiger partial charge in [0.15, 0.2) is 6.29 Å². The Morgan fingerprint density at radius 1 is 0.800 bits per heavy atom. The summed E-state index contributed by atoms with van der Waals surface area (Å²) in [4.78, 5) is 0. The van der Waals surface area contributed by atoms with Crippen molar-refractivity contribution in [3.05, 3.63) is 0 Å². The van der Waals surface area contributed by atoms with Gasteiger partial charge in [-0.2, -0.15) is 0 Å². The van der Waals surface area contributed by atoms with Crippen LogP contribution >= 0.6 is 0 Å². The highest BCUT2D eigenvalue weighted by molar-refractivity contribution is 4.62.